The molecule has 1 amide bonds. The monoisotopic (exact) mass is 315 g/mol. The summed E-state index contributed by atoms with van der Waals surface area (Å²) in [6.07, 6.45) is 6.96. The van der Waals surface area contributed by atoms with E-state index < -0.39 is 0 Å². The topological polar surface area (TPSA) is 54.4 Å². The van der Waals surface area contributed by atoms with Gasteiger partial charge in [-0.15, -0.1) is 0 Å². The number of para-hydroxylation sites is 1. The summed E-state index contributed by atoms with van der Waals surface area (Å²) in [5.41, 5.74) is 4.16. The van der Waals surface area contributed by atoms with Crippen LogP contribution in [0.5, 0.6) is 0 Å². The minimum absolute atomic E-state index is 0.000760. The Bertz CT molecular complexity index is 708. The van der Waals surface area contributed by atoms with Gasteiger partial charge in [-0.1, -0.05) is 49.1 Å². The Morgan fingerprint density at radius 1 is 1.27 bits per heavy atom. The summed E-state index contributed by atoms with van der Waals surface area (Å²) in [6, 6.07) is 9.66. The van der Waals surface area contributed by atoms with Crippen molar-refractivity contribution in [2.75, 3.05) is 0 Å². The zero-order valence-corrected chi connectivity index (χ0v) is 13.0. The molecule has 3 rings (SSSR count). The summed E-state index contributed by atoms with van der Waals surface area (Å²) in [4.78, 5) is 16.3. The standard InChI is InChI=1S/C17H18ClN3O/c18-16-14(10-13-8-4-5-9-15(13)20-16)11-19-21-17(22)12-6-2-1-3-7-12/h4-5,8-12H,1-3,6-7H2,(H,21,22). The Labute approximate surface area is 134 Å². The van der Waals surface area contributed by atoms with Gasteiger partial charge in [0.2, 0.25) is 5.91 Å². The molecule has 0 spiro atoms. The number of amides is 1. The molecule has 4 nitrogen and oxygen atoms in total. The summed E-state index contributed by atoms with van der Waals surface area (Å²) in [7, 11) is 0. The minimum Gasteiger partial charge on any atom is -0.273 e. The van der Waals surface area contributed by atoms with Gasteiger partial charge in [0.05, 0.1) is 11.7 Å². The molecule has 2 aromatic rings. The first-order valence-corrected chi connectivity index (χ1v) is 8.00. The molecule has 0 bridgehead atoms. The van der Waals surface area contributed by atoms with E-state index in [1.807, 2.05) is 30.3 Å². The van der Waals surface area contributed by atoms with Crippen molar-refractivity contribution in [2.45, 2.75) is 32.1 Å². The fraction of sp³-hybridized carbons (Fsp3) is 0.353. The van der Waals surface area contributed by atoms with Gasteiger partial charge in [-0.05, 0) is 25.0 Å². The van der Waals surface area contributed by atoms with Gasteiger partial charge in [0.25, 0.3) is 0 Å². The van der Waals surface area contributed by atoms with Crippen LogP contribution in [0.25, 0.3) is 10.9 Å². The van der Waals surface area contributed by atoms with Crippen molar-refractivity contribution >= 4 is 34.6 Å². The molecule has 1 aromatic heterocycles. The second kappa shape index (κ2) is 6.88. The average molecular weight is 316 g/mol. The zero-order valence-electron chi connectivity index (χ0n) is 12.3. The SMILES string of the molecule is O=C(NN=Cc1cc2ccccc2nc1Cl)C1CCCCC1. The van der Waals surface area contributed by atoms with E-state index in [4.69, 9.17) is 11.6 Å². The highest BCUT2D eigenvalue weighted by molar-refractivity contribution is 6.32. The van der Waals surface area contributed by atoms with E-state index >= 15 is 0 Å². The highest BCUT2D eigenvalue weighted by Crippen LogP contribution is 2.23. The zero-order chi connectivity index (χ0) is 15.4. The smallest absolute Gasteiger partial charge is 0.243 e. The van der Waals surface area contributed by atoms with Crippen LogP contribution < -0.4 is 5.43 Å². The minimum atomic E-state index is 0.000760. The van der Waals surface area contributed by atoms with Crippen LogP contribution in [0.3, 0.4) is 0 Å². The number of nitrogens with one attached hydrogen (secondary N) is 1. The number of halogens is 1. The maximum absolute atomic E-state index is 12.0. The second-order valence-electron chi connectivity index (χ2n) is 5.63. The first-order chi connectivity index (χ1) is 10.7. The maximum Gasteiger partial charge on any atom is 0.243 e. The number of pyridine rings is 1. The molecule has 1 aliphatic carbocycles. The lowest BCUT2D eigenvalue weighted by atomic mass is 9.89. The lowest BCUT2D eigenvalue weighted by Crippen LogP contribution is -2.28. The van der Waals surface area contributed by atoms with E-state index in [9.17, 15) is 4.79 Å². The number of hydrazone groups is 1. The summed E-state index contributed by atoms with van der Waals surface area (Å²) < 4.78 is 0. The number of hydrogen-bond acceptors (Lipinski definition) is 3. The van der Waals surface area contributed by atoms with Crippen molar-refractivity contribution in [1.29, 1.82) is 0 Å². The number of hydrogen-bond donors (Lipinski definition) is 1. The largest absolute Gasteiger partial charge is 0.273 e. The van der Waals surface area contributed by atoms with Crippen LogP contribution in [-0.2, 0) is 4.79 Å². The van der Waals surface area contributed by atoms with Gasteiger partial charge in [0.15, 0.2) is 0 Å². The number of benzene rings is 1. The van der Waals surface area contributed by atoms with Gasteiger partial charge in [-0.25, -0.2) is 10.4 Å². The van der Waals surface area contributed by atoms with E-state index in [2.05, 4.69) is 15.5 Å². The molecule has 0 unspecified atom stereocenters. The summed E-state index contributed by atoms with van der Waals surface area (Å²) in [5.74, 6) is 0.0944. The number of carbonyl (C=O) groups is 1. The average Bonchev–Trinajstić information content (AvgIpc) is 2.56. The van der Waals surface area contributed by atoms with E-state index in [0.717, 1.165) is 36.6 Å². The lowest BCUT2D eigenvalue weighted by molar-refractivity contribution is -0.125. The third-order valence-corrected chi connectivity index (χ3v) is 4.36. The van der Waals surface area contributed by atoms with Gasteiger partial charge < -0.3 is 0 Å². The summed E-state index contributed by atoms with van der Waals surface area (Å²) >= 11 is 6.15. The van der Waals surface area contributed by atoms with Crippen LogP contribution >= 0.6 is 11.6 Å². The molecule has 1 heterocycles. The van der Waals surface area contributed by atoms with Crippen LogP contribution in [0.4, 0.5) is 0 Å². The molecule has 1 saturated carbocycles. The van der Waals surface area contributed by atoms with Crippen molar-refractivity contribution in [3.63, 3.8) is 0 Å². The van der Waals surface area contributed by atoms with E-state index in [-0.39, 0.29) is 11.8 Å². The molecule has 0 radical (unpaired) electrons. The Morgan fingerprint density at radius 2 is 2.05 bits per heavy atom. The number of carbonyl (C=O) groups excluding carboxylic acids is 1. The Kier molecular flexibility index (Phi) is 4.68. The fourth-order valence-electron chi connectivity index (χ4n) is 2.82. The van der Waals surface area contributed by atoms with E-state index in [1.54, 1.807) is 6.21 Å². The predicted octanol–water partition coefficient (Wildman–Crippen LogP) is 3.92. The van der Waals surface area contributed by atoms with Crippen molar-refractivity contribution in [2.24, 2.45) is 11.0 Å². The highest BCUT2D eigenvalue weighted by atomic mass is 35.5. The lowest BCUT2D eigenvalue weighted by Gasteiger charge is -2.19. The van der Waals surface area contributed by atoms with Gasteiger partial charge in [-0.3, -0.25) is 4.79 Å². The molecule has 1 aromatic carbocycles. The Balaban J connectivity index is 1.69. The maximum atomic E-state index is 12.0. The van der Waals surface area contributed by atoms with Crippen LogP contribution in [-0.4, -0.2) is 17.1 Å². The Hall–Kier alpha value is -1.94. The van der Waals surface area contributed by atoms with Crippen LogP contribution in [0, 0.1) is 5.92 Å². The quantitative estimate of drug-likeness (QED) is 0.530. The van der Waals surface area contributed by atoms with Gasteiger partial charge in [-0.2, -0.15) is 5.10 Å². The summed E-state index contributed by atoms with van der Waals surface area (Å²) in [6.45, 7) is 0. The normalized spacial score (nSPS) is 16.2. The van der Waals surface area contributed by atoms with E-state index in [0.29, 0.717) is 10.7 Å². The molecule has 1 aliphatic rings. The summed E-state index contributed by atoms with van der Waals surface area (Å²) in [5, 5.41) is 5.41. The fourth-order valence-corrected chi connectivity index (χ4v) is 3.02. The number of rotatable bonds is 3. The number of aromatic nitrogens is 1. The van der Waals surface area contributed by atoms with Gasteiger partial charge in [0, 0.05) is 16.9 Å². The van der Waals surface area contributed by atoms with E-state index in [1.165, 1.54) is 6.42 Å². The molecule has 0 aliphatic heterocycles. The Morgan fingerprint density at radius 3 is 2.86 bits per heavy atom. The van der Waals surface area contributed by atoms with Crippen LogP contribution in [0.2, 0.25) is 5.15 Å². The van der Waals surface area contributed by atoms with Crippen molar-refractivity contribution in [3.8, 4) is 0 Å². The second-order valence-corrected chi connectivity index (χ2v) is 5.99. The predicted molar refractivity (Wildman–Crippen MR) is 89.1 cm³/mol. The third-order valence-electron chi connectivity index (χ3n) is 4.06. The van der Waals surface area contributed by atoms with Gasteiger partial charge >= 0.3 is 0 Å². The molecule has 1 fully saturated rings. The highest BCUT2D eigenvalue weighted by Gasteiger charge is 2.20. The molecular formula is C17H18ClN3O. The molecule has 5 heteroatoms. The molecule has 1 N–H and O–H groups in total. The molecule has 114 valence electrons. The van der Waals surface area contributed by atoms with Crippen molar-refractivity contribution in [1.82, 2.24) is 10.4 Å². The first-order valence-electron chi connectivity index (χ1n) is 7.62. The van der Waals surface area contributed by atoms with Crippen molar-refractivity contribution in [3.05, 3.63) is 41.0 Å². The van der Waals surface area contributed by atoms with Gasteiger partial charge in [0.1, 0.15) is 5.15 Å². The molecule has 0 atom stereocenters. The van der Waals surface area contributed by atoms with Crippen LogP contribution in [0.15, 0.2) is 35.4 Å². The molecule has 22 heavy (non-hydrogen) atoms. The van der Waals surface area contributed by atoms with Crippen LogP contribution in [0.1, 0.15) is 37.7 Å². The van der Waals surface area contributed by atoms with Crippen molar-refractivity contribution < 1.29 is 4.79 Å². The third kappa shape index (κ3) is 3.45. The molecule has 0 saturated heterocycles. The number of fused-ring (bicyclic) bond motifs is 1. The first kappa shape index (κ1) is 15.0. The molecular weight excluding hydrogens is 298 g/mol. The number of nitrogens with zero attached hydrogens (tertiary/aromatic N) is 2.